The van der Waals surface area contributed by atoms with Crippen molar-refractivity contribution < 1.29 is 19.4 Å². The van der Waals surface area contributed by atoms with Crippen molar-refractivity contribution >= 4 is 17.5 Å². The highest BCUT2D eigenvalue weighted by Crippen LogP contribution is 2.37. The molecule has 6 heteroatoms. The summed E-state index contributed by atoms with van der Waals surface area (Å²) in [5.74, 6) is 0.536. The lowest BCUT2D eigenvalue weighted by Crippen LogP contribution is -2.37. The molecular formula is C14H18ClNO4. The molecule has 110 valence electrons. The second-order valence-corrected chi connectivity index (χ2v) is 5.22. The van der Waals surface area contributed by atoms with Crippen molar-refractivity contribution in [2.75, 3.05) is 7.11 Å². The van der Waals surface area contributed by atoms with Gasteiger partial charge in [0.15, 0.2) is 17.6 Å². The molecule has 0 aromatic heterocycles. The zero-order valence-electron chi connectivity index (χ0n) is 11.5. The maximum atomic E-state index is 11.9. The van der Waals surface area contributed by atoms with E-state index in [-0.39, 0.29) is 18.6 Å². The monoisotopic (exact) mass is 299 g/mol. The summed E-state index contributed by atoms with van der Waals surface area (Å²) in [7, 11) is 1.48. The van der Waals surface area contributed by atoms with E-state index in [0.717, 1.165) is 12.8 Å². The van der Waals surface area contributed by atoms with E-state index >= 15 is 0 Å². The fourth-order valence-corrected chi connectivity index (χ4v) is 2.03. The van der Waals surface area contributed by atoms with Crippen molar-refractivity contribution in [2.45, 2.75) is 38.5 Å². The van der Waals surface area contributed by atoms with Crippen LogP contribution in [0.15, 0.2) is 12.1 Å². The maximum absolute atomic E-state index is 11.9. The number of hydrogen-bond acceptors (Lipinski definition) is 4. The zero-order valence-corrected chi connectivity index (χ0v) is 12.2. The Labute approximate surface area is 122 Å². The molecule has 1 unspecified atom stereocenters. The Balaban J connectivity index is 2.12. The summed E-state index contributed by atoms with van der Waals surface area (Å²) in [6.07, 6.45) is 1.38. The predicted octanol–water partition coefficient (Wildman–Crippen LogP) is 1.89. The highest BCUT2D eigenvalue weighted by atomic mass is 35.5. The summed E-state index contributed by atoms with van der Waals surface area (Å²) >= 11 is 6.11. The van der Waals surface area contributed by atoms with Crippen molar-refractivity contribution in [2.24, 2.45) is 0 Å². The maximum Gasteiger partial charge on any atom is 0.260 e. The molecule has 1 aromatic rings. The van der Waals surface area contributed by atoms with Gasteiger partial charge in [-0.25, -0.2) is 0 Å². The van der Waals surface area contributed by atoms with Gasteiger partial charge in [-0.15, -0.1) is 0 Å². The van der Waals surface area contributed by atoms with Gasteiger partial charge < -0.3 is 19.9 Å². The third-order valence-electron chi connectivity index (χ3n) is 3.06. The molecular weight excluding hydrogens is 282 g/mol. The summed E-state index contributed by atoms with van der Waals surface area (Å²) in [4.78, 5) is 11.9. The minimum Gasteiger partial charge on any atom is -0.493 e. The standard InChI is InChI=1S/C14H18ClNO4/c1-8(14(18)16-10-3-4-10)20-13-11(15)5-9(7-17)6-12(13)19-2/h5-6,8,10,17H,3-4,7H2,1-2H3,(H,16,18). The summed E-state index contributed by atoms with van der Waals surface area (Å²) in [6, 6.07) is 3.50. The van der Waals surface area contributed by atoms with E-state index in [4.69, 9.17) is 26.2 Å². The first-order valence-electron chi connectivity index (χ1n) is 6.49. The third-order valence-corrected chi connectivity index (χ3v) is 3.34. The summed E-state index contributed by atoms with van der Waals surface area (Å²) in [6.45, 7) is 1.52. The zero-order chi connectivity index (χ0) is 14.7. The second kappa shape index (κ2) is 6.33. The van der Waals surface area contributed by atoms with Crippen molar-refractivity contribution in [3.8, 4) is 11.5 Å². The topological polar surface area (TPSA) is 67.8 Å². The van der Waals surface area contributed by atoms with Crippen LogP contribution in [0.5, 0.6) is 11.5 Å². The summed E-state index contributed by atoms with van der Waals surface area (Å²) in [5, 5.41) is 12.3. The second-order valence-electron chi connectivity index (χ2n) is 4.81. The third kappa shape index (κ3) is 3.55. The number of carbonyl (C=O) groups excluding carboxylic acids is 1. The van der Waals surface area contributed by atoms with Gasteiger partial charge in [0, 0.05) is 6.04 Å². The van der Waals surface area contributed by atoms with Crippen LogP contribution in [0.1, 0.15) is 25.3 Å². The molecule has 1 aromatic carbocycles. The van der Waals surface area contributed by atoms with Crippen LogP contribution in [-0.2, 0) is 11.4 Å². The van der Waals surface area contributed by atoms with Gasteiger partial charge in [0.2, 0.25) is 0 Å². The molecule has 1 atom stereocenters. The van der Waals surface area contributed by atoms with Crippen molar-refractivity contribution in [3.63, 3.8) is 0 Å². The molecule has 5 nitrogen and oxygen atoms in total. The van der Waals surface area contributed by atoms with Crippen molar-refractivity contribution in [1.29, 1.82) is 0 Å². The number of halogens is 1. The quantitative estimate of drug-likeness (QED) is 0.842. The molecule has 1 aliphatic carbocycles. The Morgan fingerprint density at radius 3 is 2.80 bits per heavy atom. The molecule has 0 bridgehead atoms. The van der Waals surface area contributed by atoms with Gasteiger partial charge in [-0.1, -0.05) is 11.6 Å². The Bertz CT molecular complexity index is 502. The number of benzene rings is 1. The number of hydrogen-bond donors (Lipinski definition) is 2. The SMILES string of the molecule is COc1cc(CO)cc(Cl)c1OC(C)C(=O)NC1CC1. The molecule has 2 rings (SSSR count). The van der Waals surface area contributed by atoms with Crippen LogP contribution in [0, 0.1) is 0 Å². The first-order chi connectivity index (χ1) is 9.55. The largest absolute Gasteiger partial charge is 0.493 e. The van der Waals surface area contributed by atoms with Gasteiger partial charge >= 0.3 is 0 Å². The van der Waals surface area contributed by atoms with Crippen molar-refractivity contribution in [3.05, 3.63) is 22.7 Å². The first kappa shape index (κ1) is 14.9. The van der Waals surface area contributed by atoms with Gasteiger partial charge in [-0.05, 0) is 37.5 Å². The number of aliphatic hydroxyl groups is 1. The minimum absolute atomic E-state index is 0.145. The average molecular weight is 300 g/mol. The van der Waals surface area contributed by atoms with Gasteiger partial charge in [0.25, 0.3) is 5.91 Å². The lowest BCUT2D eigenvalue weighted by atomic mass is 10.2. The predicted molar refractivity (Wildman–Crippen MR) is 75.2 cm³/mol. The number of rotatable bonds is 6. The lowest BCUT2D eigenvalue weighted by molar-refractivity contribution is -0.127. The van der Waals surface area contributed by atoms with E-state index in [1.165, 1.54) is 7.11 Å². The van der Waals surface area contributed by atoms with Crippen LogP contribution in [0.25, 0.3) is 0 Å². The number of nitrogens with one attached hydrogen (secondary N) is 1. The molecule has 1 aliphatic rings. The molecule has 1 fully saturated rings. The van der Waals surface area contributed by atoms with Gasteiger partial charge in [0.1, 0.15) is 0 Å². The van der Waals surface area contributed by atoms with Crippen LogP contribution in [0.3, 0.4) is 0 Å². The van der Waals surface area contributed by atoms with E-state index < -0.39 is 6.10 Å². The first-order valence-corrected chi connectivity index (χ1v) is 6.87. The number of carbonyl (C=O) groups is 1. The van der Waals surface area contributed by atoms with Gasteiger partial charge in [-0.2, -0.15) is 0 Å². The molecule has 0 heterocycles. The van der Waals surface area contributed by atoms with Crippen LogP contribution in [0.2, 0.25) is 5.02 Å². The number of amides is 1. The lowest BCUT2D eigenvalue weighted by Gasteiger charge is -2.18. The van der Waals surface area contributed by atoms with Crippen LogP contribution in [0.4, 0.5) is 0 Å². The Morgan fingerprint density at radius 1 is 1.55 bits per heavy atom. The fourth-order valence-electron chi connectivity index (χ4n) is 1.76. The van der Waals surface area contributed by atoms with Crippen molar-refractivity contribution in [1.82, 2.24) is 5.32 Å². The number of aliphatic hydroxyl groups excluding tert-OH is 1. The van der Waals surface area contributed by atoms with Crippen LogP contribution in [-0.4, -0.2) is 30.3 Å². The highest BCUT2D eigenvalue weighted by Gasteiger charge is 2.27. The smallest absolute Gasteiger partial charge is 0.260 e. The number of ether oxygens (including phenoxy) is 2. The van der Waals surface area contributed by atoms with Crippen LogP contribution < -0.4 is 14.8 Å². The molecule has 0 saturated heterocycles. The Morgan fingerprint density at radius 2 is 2.25 bits per heavy atom. The van der Waals surface area contributed by atoms with Gasteiger partial charge in [0.05, 0.1) is 18.7 Å². The average Bonchev–Trinajstić information content (AvgIpc) is 3.24. The molecule has 2 N–H and O–H groups in total. The molecule has 1 saturated carbocycles. The fraction of sp³-hybridized carbons (Fsp3) is 0.500. The Kier molecular flexibility index (Phi) is 4.73. The minimum atomic E-state index is -0.665. The Hall–Kier alpha value is -1.46. The van der Waals surface area contributed by atoms with E-state index in [0.29, 0.717) is 22.1 Å². The molecule has 1 amide bonds. The molecule has 0 aliphatic heterocycles. The van der Waals surface area contributed by atoms with E-state index in [1.54, 1.807) is 19.1 Å². The van der Waals surface area contributed by atoms with Crippen LogP contribution >= 0.6 is 11.6 Å². The van der Waals surface area contributed by atoms with E-state index in [1.807, 2.05) is 0 Å². The number of methoxy groups -OCH3 is 1. The summed E-state index contributed by atoms with van der Waals surface area (Å²) in [5.41, 5.74) is 0.620. The summed E-state index contributed by atoms with van der Waals surface area (Å²) < 4.78 is 10.8. The van der Waals surface area contributed by atoms with E-state index in [2.05, 4.69) is 5.32 Å². The molecule has 20 heavy (non-hydrogen) atoms. The highest BCUT2D eigenvalue weighted by molar-refractivity contribution is 6.32. The molecule has 0 radical (unpaired) electrons. The normalized spacial score (nSPS) is 15.6. The van der Waals surface area contributed by atoms with E-state index in [9.17, 15) is 4.79 Å². The van der Waals surface area contributed by atoms with Gasteiger partial charge in [-0.3, -0.25) is 4.79 Å². The molecule has 0 spiro atoms.